The molecule has 0 bridgehead atoms. The van der Waals surface area contributed by atoms with E-state index in [0.717, 1.165) is 6.42 Å². The molecule has 0 spiro atoms. The van der Waals surface area contributed by atoms with Crippen molar-refractivity contribution in [3.63, 3.8) is 0 Å². The van der Waals surface area contributed by atoms with Crippen LogP contribution < -0.4 is 4.74 Å². The van der Waals surface area contributed by atoms with Gasteiger partial charge in [-0.2, -0.15) is 4.31 Å². The van der Waals surface area contributed by atoms with Gasteiger partial charge in [0.2, 0.25) is 15.9 Å². The van der Waals surface area contributed by atoms with Gasteiger partial charge in [-0.15, -0.1) is 0 Å². The van der Waals surface area contributed by atoms with Crippen molar-refractivity contribution >= 4 is 15.9 Å². The molecule has 1 atom stereocenters. The number of carbonyl (C=O) groups excluding carboxylic acids is 1. The molecule has 1 saturated heterocycles. The molecule has 1 aliphatic heterocycles. The third kappa shape index (κ3) is 6.97. The Morgan fingerprint density at radius 2 is 1.78 bits per heavy atom. The highest BCUT2D eigenvalue weighted by atomic mass is 32.2. The van der Waals surface area contributed by atoms with Crippen LogP contribution in [0.5, 0.6) is 5.75 Å². The molecule has 0 N–H and O–H groups in total. The van der Waals surface area contributed by atoms with Gasteiger partial charge in [0.1, 0.15) is 23.1 Å². The Labute approximate surface area is 216 Å². The predicted molar refractivity (Wildman–Crippen MR) is 135 cm³/mol. The smallest absolute Gasteiger partial charge is 0.243 e. The number of aryl methyl sites for hydroxylation is 1. The first kappa shape index (κ1) is 26.8. The van der Waals surface area contributed by atoms with Crippen molar-refractivity contribution in [1.82, 2.24) is 9.21 Å². The van der Waals surface area contributed by atoms with Crippen molar-refractivity contribution in [2.75, 3.05) is 26.8 Å². The fourth-order valence-corrected chi connectivity index (χ4v) is 5.63. The van der Waals surface area contributed by atoms with Gasteiger partial charge in [0.25, 0.3) is 0 Å². The van der Waals surface area contributed by atoms with E-state index in [1.54, 1.807) is 43.3 Å². The zero-order chi connectivity index (χ0) is 26.4. The summed E-state index contributed by atoms with van der Waals surface area (Å²) < 4.78 is 58.4. The number of nitrogens with zero attached hydrogens (tertiary/aromatic N) is 2. The lowest BCUT2D eigenvalue weighted by molar-refractivity contribution is -0.133. The molecule has 37 heavy (non-hydrogen) atoms. The molecule has 1 aliphatic rings. The summed E-state index contributed by atoms with van der Waals surface area (Å²) >= 11 is 0. The summed E-state index contributed by atoms with van der Waals surface area (Å²) in [7, 11) is -2.51. The van der Waals surface area contributed by atoms with Gasteiger partial charge in [0, 0.05) is 19.7 Å². The zero-order valence-corrected chi connectivity index (χ0v) is 21.7. The van der Waals surface area contributed by atoms with Gasteiger partial charge >= 0.3 is 0 Å². The SMILES string of the molecule is COc1ccc(S(=O)(=O)N(CC(=O)N(Cc2ccc(F)cc2)Cc2ccc(C)o2)CC2CCCO2)cc1. The van der Waals surface area contributed by atoms with Gasteiger partial charge in [-0.3, -0.25) is 4.79 Å². The third-order valence-electron chi connectivity index (χ3n) is 6.22. The van der Waals surface area contributed by atoms with Crippen LogP contribution in [0.1, 0.15) is 29.9 Å². The van der Waals surface area contributed by atoms with Crippen LogP contribution in [0, 0.1) is 12.7 Å². The Bertz CT molecular complexity index is 1290. The van der Waals surface area contributed by atoms with E-state index in [-0.39, 0.29) is 43.0 Å². The maximum absolute atomic E-state index is 13.6. The lowest BCUT2D eigenvalue weighted by atomic mass is 10.2. The first-order valence-electron chi connectivity index (χ1n) is 12.1. The fourth-order valence-electron chi connectivity index (χ4n) is 4.21. The van der Waals surface area contributed by atoms with Crippen LogP contribution in [-0.4, -0.2) is 56.4 Å². The van der Waals surface area contributed by atoms with Crippen LogP contribution >= 0.6 is 0 Å². The monoisotopic (exact) mass is 530 g/mol. The number of sulfonamides is 1. The van der Waals surface area contributed by atoms with E-state index in [0.29, 0.717) is 35.9 Å². The largest absolute Gasteiger partial charge is 0.497 e. The summed E-state index contributed by atoms with van der Waals surface area (Å²) in [4.78, 5) is 15.2. The van der Waals surface area contributed by atoms with E-state index in [4.69, 9.17) is 13.9 Å². The fraction of sp³-hybridized carbons (Fsp3) is 0.370. The molecular weight excluding hydrogens is 499 g/mol. The first-order valence-corrected chi connectivity index (χ1v) is 13.5. The molecule has 198 valence electrons. The molecule has 0 saturated carbocycles. The number of amides is 1. The molecule has 10 heteroatoms. The number of ether oxygens (including phenoxy) is 2. The number of benzene rings is 2. The van der Waals surface area contributed by atoms with E-state index in [1.807, 2.05) is 0 Å². The first-order chi connectivity index (χ1) is 17.7. The number of furan rings is 1. The molecule has 0 radical (unpaired) electrons. The Morgan fingerprint density at radius 3 is 2.38 bits per heavy atom. The molecule has 1 unspecified atom stereocenters. The number of halogens is 1. The van der Waals surface area contributed by atoms with Gasteiger partial charge in [0.15, 0.2) is 0 Å². The lowest BCUT2D eigenvalue weighted by Crippen LogP contribution is -2.45. The summed E-state index contributed by atoms with van der Waals surface area (Å²) in [5, 5.41) is 0. The van der Waals surface area contributed by atoms with Gasteiger partial charge in [-0.05, 0) is 73.9 Å². The Kier molecular flexibility index (Phi) is 8.63. The second-order valence-electron chi connectivity index (χ2n) is 9.00. The Morgan fingerprint density at radius 1 is 1.05 bits per heavy atom. The average Bonchev–Trinajstić information content (AvgIpc) is 3.56. The maximum Gasteiger partial charge on any atom is 0.243 e. The molecule has 0 aliphatic carbocycles. The lowest BCUT2D eigenvalue weighted by Gasteiger charge is -2.28. The second-order valence-corrected chi connectivity index (χ2v) is 10.9. The van der Waals surface area contributed by atoms with Crippen LogP contribution in [0.3, 0.4) is 0 Å². The van der Waals surface area contributed by atoms with Crippen molar-refractivity contribution in [3.8, 4) is 5.75 Å². The predicted octanol–water partition coefficient (Wildman–Crippen LogP) is 4.13. The topological polar surface area (TPSA) is 89.3 Å². The van der Waals surface area contributed by atoms with Crippen LogP contribution in [-0.2, 0) is 32.6 Å². The molecule has 4 rings (SSSR count). The molecule has 1 aromatic heterocycles. The third-order valence-corrected chi connectivity index (χ3v) is 8.05. The summed E-state index contributed by atoms with van der Waals surface area (Å²) in [5.41, 5.74) is 0.710. The molecular formula is C27H31FN2O6S. The summed E-state index contributed by atoms with van der Waals surface area (Å²) in [5.74, 6) is 1.01. The van der Waals surface area contributed by atoms with Crippen LogP contribution in [0.25, 0.3) is 0 Å². The quantitative estimate of drug-likeness (QED) is 0.370. The number of hydrogen-bond acceptors (Lipinski definition) is 6. The number of carbonyl (C=O) groups is 1. The van der Waals surface area contributed by atoms with Crippen molar-refractivity contribution in [3.05, 3.63) is 83.6 Å². The Hall–Kier alpha value is -3.21. The minimum Gasteiger partial charge on any atom is -0.497 e. The standard InChI is InChI=1S/C27H31FN2O6S/c1-20-5-10-25(36-20)17-29(16-21-6-8-22(28)9-7-21)27(31)19-30(18-24-4-3-15-35-24)37(32,33)26-13-11-23(34-2)12-14-26/h5-14,24H,3-4,15-19H2,1-2H3. The van der Waals surface area contributed by atoms with E-state index in [9.17, 15) is 17.6 Å². The van der Waals surface area contributed by atoms with E-state index in [2.05, 4.69) is 0 Å². The molecule has 1 fully saturated rings. The molecule has 8 nitrogen and oxygen atoms in total. The summed E-state index contributed by atoms with van der Waals surface area (Å²) in [6.45, 7) is 2.35. The number of rotatable bonds is 11. The van der Waals surface area contributed by atoms with Crippen LogP contribution in [0.4, 0.5) is 4.39 Å². The summed E-state index contributed by atoms with van der Waals surface area (Å²) in [6, 6.07) is 15.5. The van der Waals surface area contributed by atoms with Crippen molar-refractivity contribution in [2.24, 2.45) is 0 Å². The molecule has 1 amide bonds. The zero-order valence-electron chi connectivity index (χ0n) is 20.9. The minimum atomic E-state index is -4.01. The highest BCUT2D eigenvalue weighted by molar-refractivity contribution is 7.89. The van der Waals surface area contributed by atoms with Gasteiger partial charge in [0.05, 0.1) is 31.2 Å². The van der Waals surface area contributed by atoms with E-state index < -0.39 is 15.9 Å². The van der Waals surface area contributed by atoms with Gasteiger partial charge in [-0.1, -0.05) is 12.1 Å². The van der Waals surface area contributed by atoms with Gasteiger partial charge in [-0.25, -0.2) is 12.8 Å². The highest BCUT2D eigenvalue weighted by Gasteiger charge is 2.32. The molecule has 2 aromatic carbocycles. The summed E-state index contributed by atoms with van der Waals surface area (Å²) in [6.07, 6.45) is 1.26. The van der Waals surface area contributed by atoms with E-state index in [1.165, 1.54) is 40.6 Å². The van der Waals surface area contributed by atoms with Crippen LogP contribution in [0.15, 0.2) is 70.0 Å². The minimum absolute atomic E-state index is 0.0599. The van der Waals surface area contributed by atoms with Crippen LogP contribution in [0.2, 0.25) is 0 Å². The average molecular weight is 531 g/mol. The van der Waals surface area contributed by atoms with Crippen molar-refractivity contribution in [2.45, 2.75) is 43.9 Å². The van der Waals surface area contributed by atoms with Crippen molar-refractivity contribution < 1.29 is 31.5 Å². The normalized spacial score (nSPS) is 15.7. The number of hydrogen-bond donors (Lipinski definition) is 0. The van der Waals surface area contributed by atoms with Crippen molar-refractivity contribution in [1.29, 1.82) is 0 Å². The Balaban J connectivity index is 1.60. The highest BCUT2D eigenvalue weighted by Crippen LogP contribution is 2.23. The maximum atomic E-state index is 13.6. The van der Waals surface area contributed by atoms with E-state index >= 15 is 0 Å². The molecule has 3 aromatic rings. The number of methoxy groups -OCH3 is 1. The molecule has 2 heterocycles. The van der Waals surface area contributed by atoms with Gasteiger partial charge < -0.3 is 18.8 Å². The second kappa shape index (κ2) is 11.9.